The molecule has 1 aromatic carbocycles. The molecular weight excluding hydrogens is 462 g/mol. The zero-order chi connectivity index (χ0) is 26.2. The average Bonchev–Trinajstić information content (AvgIpc) is 2.73. The summed E-state index contributed by atoms with van der Waals surface area (Å²) in [7, 11) is 0. The van der Waals surface area contributed by atoms with E-state index in [1.807, 2.05) is 20.1 Å². The quantitative estimate of drug-likeness (QED) is 0.468. The van der Waals surface area contributed by atoms with E-state index in [9.17, 15) is 14.4 Å². The summed E-state index contributed by atoms with van der Waals surface area (Å²) in [6.07, 6.45) is 9.85. The molecule has 2 rings (SSSR count). The highest BCUT2D eigenvalue weighted by Gasteiger charge is 2.42. The van der Waals surface area contributed by atoms with Crippen LogP contribution in [0, 0.1) is 12.3 Å². The van der Waals surface area contributed by atoms with Crippen molar-refractivity contribution in [3.63, 3.8) is 0 Å². The first-order valence-electron chi connectivity index (χ1n) is 12.1. The molecule has 192 valence electrons. The molecular formula is C27H39N3O4S. The Balaban J connectivity index is 2.46. The zero-order valence-electron chi connectivity index (χ0n) is 21.7. The van der Waals surface area contributed by atoms with Crippen LogP contribution in [0.5, 0.6) is 0 Å². The van der Waals surface area contributed by atoms with Crippen LogP contribution in [0.25, 0.3) is 0 Å². The van der Waals surface area contributed by atoms with Gasteiger partial charge in [0.25, 0.3) is 0 Å². The molecule has 1 fully saturated rings. The van der Waals surface area contributed by atoms with E-state index in [1.165, 1.54) is 0 Å². The molecule has 0 heterocycles. The topological polar surface area (TPSA) is 87.7 Å². The Labute approximate surface area is 214 Å². The minimum absolute atomic E-state index is 0.0880. The molecule has 1 aromatic rings. The van der Waals surface area contributed by atoms with Crippen LogP contribution < -0.4 is 10.6 Å². The molecule has 0 bridgehead atoms. The molecule has 2 N–H and O–H groups in total. The maximum Gasteiger partial charge on any atom is 0.408 e. The van der Waals surface area contributed by atoms with Crippen LogP contribution in [0.1, 0.15) is 77.5 Å². The molecule has 0 aliphatic heterocycles. The summed E-state index contributed by atoms with van der Waals surface area (Å²) in [5.74, 6) is 2.73. The fraction of sp³-hybridized carbons (Fsp3) is 0.593. The summed E-state index contributed by atoms with van der Waals surface area (Å²) >= 11 is 1.59. The highest BCUT2D eigenvalue weighted by molar-refractivity contribution is 7.98. The van der Waals surface area contributed by atoms with Gasteiger partial charge in [0.05, 0.1) is 0 Å². The van der Waals surface area contributed by atoms with Gasteiger partial charge < -0.3 is 20.3 Å². The van der Waals surface area contributed by atoms with Crippen molar-refractivity contribution in [2.24, 2.45) is 0 Å². The SMILES string of the molecule is C#Cc1ccc(C(C(=O)NC(C)C)N(C(=O)C(CCSC)NC(=O)OC(C)(C)C)C2CCC2)cc1. The van der Waals surface area contributed by atoms with E-state index < -0.39 is 23.8 Å². The maximum absolute atomic E-state index is 14.0. The predicted molar refractivity (Wildman–Crippen MR) is 141 cm³/mol. The molecule has 0 saturated heterocycles. The number of carbonyl (C=O) groups is 3. The van der Waals surface area contributed by atoms with Gasteiger partial charge in [0.15, 0.2) is 0 Å². The minimum Gasteiger partial charge on any atom is -0.444 e. The number of nitrogens with one attached hydrogen (secondary N) is 2. The minimum atomic E-state index is -0.834. The average molecular weight is 502 g/mol. The Morgan fingerprint density at radius 1 is 1.17 bits per heavy atom. The lowest BCUT2D eigenvalue weighted by atomic mass is 9.87. The van der Waals surface area contributed by atoms with E-state index in [4.69, 9.17) is 11.2 Å². The van der Waals surface area contributed by atoms with Gasteiger partial charge in [-0.1, -0.05) is 18.1 Å². The van der Waals surface area contributed by atoms with Crippen LogP contribution in [0.4, 0.5) is 4.79 Å². The number of terminal acetylenes is 1. The number of amides is 3. The van der Waals surface area contributed by atoms with Crippen molar-refractivity contribution in [3.8, 4) is 12.3 Å². The van der Waals surface area contributed by atoms with Gasteiger partial charge in [0.1, 0.15) is 17.7 Å². The number of alkyl carbamates (subject to hydrolysis) is 1. The number of ether oxygens (including phenoxy) is 1. The van der Waals surface area contributed by atoms with Crippen molar-refractivity contribution >= 4 is 29.7 Å². The maximum atomic E-state index is 14.0. The van der Waals surface area contributed by atoms with Crippen molar-refractivity contribution in [2.75, 3.05) is 12.0 Å². The van der Waals surface area contributed by atoms with Crippen LogP contribution in [0.3, 0.4) is 0 Å². The van der Waals surface area contributed by atoms with E-state index in [-0.39, 0.29) is 23.9 Å². The van der Waals surface area contributed by atoms with Crippen molar-refractivity contribution < 1.29 is 19.1 Å². The molecule has 1 aliphatic rings. The van der Waals surface area contributed by atoms with E-state index in [0.717, 1.165) is 19.3 Å². The number of nitrogens with zero attached hydrogens (tertiary/aromatic N) is 1. The molecule has 0 aromatic heterocycles. The second-order valence-electron chi connectivity index (χ2n) is 10.1. The summed E-state index contributed by atoms with van der Waals surface area (Å²) in [6, 6.07) is 5.33. The highest BCUT2D eigenvalue weighted by atomic mass is 32.2. The zero-order valence-corrected chi connectivity index (χ0v) is 22.5. The van der Waals surface area contributed by atoms with E-state index in [1.54, 1.807) is 61.7 Å². The van der Waals surface area contributed by atoms with Crippen LogP contribution >= 0.6 is 11.8 Å². The van der Waals surface area contributed by atoms with Gasteiger partial charge in [0.2, 0.25) is 11.8 Å². The van der Waals surface area contributed by atoms with Gasteiger partial charge in [-0.05, 0) is 90.0 Å². The summed E-state index contributed by atoms with van der Waals surface area (Å²) in [5.41, 5.74) is 0.689. The normalized spacial score (nSPS) is 15.4. The third-order valence-corrected chi connectivity index (χ3v) is 6.32. The van der Waals surface area contributed by atoms with Crippen molar-refractivity contribution in [1.29, 1.82) is 0 Å². The third kappa shape index (κ3) is 8.50. The first kappa shape index (κ1) is 28.6. The molecule has 0 radical (unpaired) electrons. The molecule has 2 unspecified atom stereocenters. The standard InChI is InChI=1S/C27H39N3O4S/c1-8-19-12-14-20(15-13-19)23(24(31)28-18(2)3)30(21-10-9-11-21)25(32)22(16-17-35-7)29-26(33)34-27(4,5)6/h1,12-15,18,21-23H,9-11,16-17H2,2-7H3,(H,28,31)(H,29,33). The van der Waals surface area contributed by atoms with Gasteiger partial charge in [0, 0.05) is 17.6 Å². The Kier molecular flexibility index (Phi) is 10.5. The van der Waals surface area contributed by atoms with E-state index in [2.05, 4.69) is 16.6 Å². The van der Waals surface area contributed by atoms with Crippen LogP contribution in [0.15, 0.2) is 24.3 Å². The molecule has 1 saturated carbocycles. The van der Waals surface area contributed by atoms with Crippen LogP contribution in [0.2, 0.25) is 0 Å². The summed E-state index contributed by atoms with van der Waals surface area (Å²) in [6.45, 7) is 9.10. The second-order valence-corrected chi connectivity index (χ2v) is 11.1. The Hall–Kier alpha value is -2.66. The molecule has 1 aliphatic carbocycles. The van der Waals surface area contributed by atoms with Gasteiger partial charge in [-0.25, -0.2) is 4.79 Å². The predicted octanol–water partition coefficient (Wildman–Crippen LogP) is 4.26. The van der Waals surface area contributed by atoms with Crippen molar-refractivity contribution in [3.05, 3.63) is 35.4 Å². The largest absolute Gasteiger partial charge is 0.444 e. The van der Waals surface area contributed by atoms with E-state index in [0.29, 0.717) is 23.3 Å². The van der Waals surface area contributed by atoms with Gasteiger partial charge in [-0.3, -0.25) is 9.59 Å². The molecule has 35 heavy (non-hydrogen) atoms. The number of thioether (sulfide) groups is 1. The molecule has 8 heteroatoms. The lowest BCUT2D eigenvalue weighted by Gasteiger charge is -2.43. The Morgan fingerprint density at radius 2 is 1.80 bits per heavy atom. The highest BCUT2D eigenvalue weighted by Crippen LogP contribution is 2.34. The van der Waals surface area contributed by atoms with Gasteiger partial charge >= 0.3 is 6.09 Å². The third-order valence-electron chi connectivity index (χ3n) is 5.67. The summed E-state index contributed by atoms with van der Waals surface area (Å²) in [4.78, 5) is 41.8. The Morgan fingerprint density at radius 3 is 2.26 bits per heavy atom. The fourth-order valence-corrected chi connectivity index (χ4v) is 4.34. The summed E-state index contributed by atoms with van der Waals surface area (Å²) in [5, 5.41) is 5.75. The molecule has 0 spiro atoms. The molecule has 3 amide bonds. The van der Waals surface area contributed by atoms with E-state index >= 15 is 0 Å². The molecule has 7 nitrogen and oxygen atoms in total. The second kappa shape index (κ2) is 12.9. The van der Waals surface area contributed by atoms with Crippen molar-refractivity contribution in [2.45, 2.75) is 90.1 Å². The van der Waals surface area contributed by atoms with Gasteiger partial charge in [-0.2, -0.15) is 11.8 Å². The number of carbonyl (C=O) groups excluding carboxylic acids is 3. The first-order valence-corrected chi connectivity index (χ1v) is 13.5. The van der Waals surface area contributed by atoms with Crippen LogP contribution in [-0.2, 0) is 14.3 Å². The number of hydrogen-bond donors (Lipinski definition) is 2. The lowest BCUT2D eigenvalue weighted by molar-refractivity contribution is -0.147. The van der Waals surface area contributed by atoms with Crippen LogP contribution in [-0.4, -0.2) is 58.5 Å². The fourth-order valence-electron chi connectivity index (χ4n) is 3.87. The number of hydrogen-bond acceptors (Lipinski definition) is 5. The monoisotopic (exact) mass is 501 g/mol. The number of rotatable bonds is 10. The number of benzene rings is 1. The lowest BCUT2D eigenvalue weighted by Crippen LogP contribution is -2.58. The smallest absolute Gasteiger partial charge is 0.408 e. The van der Waals surface area contributed by atoms with Crippen molar-refractivity contribution in [1.82, 2.24) is 15.5 Å². The Bertz CT molecular complexity index is 914. The summed E-state index contributed by atoms with van der Waals surface area (Å²) < 4.78 is 5.42. The van der Waals surface area contributed by atoms with Gasteiger partial charge in [-0.15, -0.1) is 6.42 Å². The molecule has 2 atom stereocenters. The first-order chi connectivity index (χ1) is 16.5.